The Labute approximate surface area is 141 Å². The quantitative estimate of drug-likeness (QED) is 0.475. The van der Waals surface area contributed by atoms with Crippen LogP contribution in [0.5, 0.6) is 0 Å². The van der Waals surface area contributed by atoms with Gasteiger partial charge in [-0.15, -0.1) is 24.2 Å². The Balaban J connectivity index is 0.00000242. The predicted octanol–water partition coefficient (Wildman–Crippen LogP) is 3.82. The maximum atomic E-state index is 11.6. The number of benzene rings is 1. The van der Waals surface area contributed by atoms with Gasteiger partial charge in [-0.3, -0.25) is 9.78 Å². The van der Waals surface area contributed by atoms with Gasteiger partial charge >= 0.3 is 0 Å². The minimum atomic E-state index is -0.0484. The summed E-state index contributed by atoms with van der Waals surface area (Å²) >= 11 is 1.77. The van der Waals surface area contributed by atoms with E-state index in [1.165, 1.54) is 4.90 Å². The Morgan fingerprint density at radius 2 is 1.86 bits per heavy atom. The number of hydrogen-bond acceptors (Lipinski definition) is 3. The van der Waals surface area contributed by atoms with Gasteiger partial charge in [0.2, 0.25) is 5.91 Å². The van der Waals surface area contributed by atoms with E-state index in [1.807, 2.05) is 48.5 Å². The topological polar surface area (TPSA) is 42.0 Å². The van der Waals surface area contributed by atoms with Crippen molar-refractivity contribution >= 4 is 36.2 Å². The molecule has 0 unspecified atom stereocenters. The summed E-state index contributed by atoms with van der Waals surface area (Å²) in [6, 6.07) is 13.8. The van der Waals surface area contributed by atoms with Crippen LogP contribution in [0.1, 0.15) is 12.0 Å². The average Bonchev–Trinajstić information content (AvgIpc) is 2.54. The molecule has 0 fully saturated rings. The zero-order chi connectivity index (χ0) is 14.8. The highest BCUT2D eigenvalue weighted by molar-refractivity contribution is 7.99. The number of rotatable bonds is 7. The molecule has 3 nitrogen and oxygen atoms in total. The van der Waals surface area contributed by atoms with E-state index in [0.717, 1.165) is 17.7 Å². The van der Waals surface area contributed by atoms with Crippen molar-refractivity contribution in [1.29, 1.82) is 0 Å². The van der Waals surface area contributed by atoms with Crippen LogP contribution in [0.4, 0.5) is 0 Å². The first-order valence-electron chi connectivity index (χ1n) is 6.88. The first-order valence-corrected chi connectivity index (χ1v) is 7.87. The van der Waals surface area contributed by atoms with E-state index in [1.54, 1.807) is 30.2 Å². The molecule has 0 aliphatic heterocycles. The molecule has 1 heterocycles. The predicted molar refractivity (Wildman–Crippen MR) is 95.3 cm³/mol. The molecule has 0 aliphatic carbocycles. The number of carbonyl (C=O) groups is 1. The lowest BCUT2D eigenvalue weighted by atomic mass is 10.2. The zero-order valence-corrected chi connectivity index (χ0v) is 13.8. The number of pyridine rings is 1. The van der Waals surface area contributed by atoms with E-state index in [4.69, 9.17) is 0 Å². The maximum absolute atomic E-state index is 11.6. The third-order valence-corrected chi connectivity index (χ3v) is 3.86. The molecule has 0 spiro atoms. The van der Waals surface area contributed by atoms with Crippen molar-refractivity contribution in [1.82, 2.24) is 10.3 Å². The van der Waals surface area contributed by atoms with Gasteiger partial charge < -0.3 is 5.32 Å². The summed E-state index contributed by atoms with van der Waals surface area (Å²) in [6.07, 6.45) is 7.92. The highest BCUT2D eigenvalue weighted by Gasteiger charge is 1.96. The van der Waals surface area contributed by atoms with Gasteiger partial charge in [-0.2, -0.15) is 0 Å². The molecular weight excluding hydrogens is 316 g/mol. The SMILES string of the molecule is Cl.O=C(C=Cc1ccccc1)NCCCSc1ccncc1. The van der Waals surface area contributed by atoms with Gasteiger partial charge in [0.25, 0.3) is 0 Å². The Kier molecular flexibility index (Phi) is 9.03. The summed E-state index contributed by atoms with van der Waals surface area (Å²) < 4.78 is 0. The minimum Gasteiger partial charge on any atom is -0.353 e. The number of halogens is 1. The van der Waals surface area contributed by atoms with Gasteiger partial charge in [-0.1, -0.05) is 30.3 Å². The molecule has 0 saturated carbocycles. The number of aromatic nitrogens is 1. The van der Waals surface area contributed by atoms with E-state index < -0.39 is 0 Å². The van der Waals surface area contributed by atoms with Crippen LogP contribution in [-0.4, -0.2) is 23.2 Å². The van der Waals surface area contributed by atoms with Gasteiger partial charge in [0.05, 0.1) is 0 Å². The first-order chi connectivity index (χ1) is 10.3. The number of amides is 1. The maximum Gasteiger partial charge on any atom is 0.243 e. The molecule has 2 aromatic rings. The lowest BCUT2D eigenvalue weighted by Gasteiger charge is -2.02. The van der Waals surface area contributed by atoms with Crippen LogP contribution in [0.2, 0.25) is 0 Å². The van der Waals surface area contributed by atoms with Crippen molar-refractivity contribution in [3.05, 3.63) is 66.5 Å². The molecule has 0 saturated heterocycles. The normalized spacial score (nSPS) is 10.2. The van der Waals surface area contributed by atoms with Gasteiger partial charge in [-0.25, -0.2) is 0 Å². The molecule has 1 N–H and O–H groups in total. The van der Waals surface area contributed by atoms with Gasteiger partial charge in [0.1, 0.15) is 0 Å². The summed E-state index contributed by atoms with van der Waals surface area (Å²) in [7, 11) is 0. The van der Waals surface area contributed by atoms with E-state index in [9.17, 15) is 4.79 Å². The van der Waals surface area contributed by atoms with Crippen LogP contribution in [0, 0.1) is 0 Å². The monoisotopic (exact) mass is 334 g/mol. The van der Waals surface area contributed by atoms with Crippen LogP contribution in [0.15, 0.2) is 65.8 Å². The fourth-order valence-corrected chi connectivity index (χ4v) is 2.54. The van der Waals surface area contributed by atoms with Crippen molar-refractivity contribution in [2.75, 3.05) is 12.3 Å². The van der Waals surface area contributed by atoms with E-state index in [0.29, 0.717) is 6.54 Å². The molecule has 22 heavy (non-hydrogen) atoms. The van der Waals surface area contributed by atoms with Crippen molar-refractivity contribution in [3.8, 4) is 0 Å². The number of nitrogens with zero attached hydrogens (tertiary/aromatic N) is 1. The van der Waals surface area contributed by atoms with Gasteiger partial charge in [-0.05, 0) is 35.9 Å². The third kappa shape index (κ3) is 7.29. The summed E-state index contributed by atoms with van der Waals surface area (Å²) in [5, 5.41) is 2.89. The molecule has 0 atom stereocenters. The van der Waals surface area contributed by atoms with Crippen LogP contribution >= 0.6 is 24.2 Å². The number of nitrogens with one attached hydrogen (secondary N) is 1. The Morgan fingerprint density at radius 3 is 2.59 bits per heavy atom. The van der Waals surface area contributed by atoms with E-state index >= 15 is 0 Å². The van der Waals surface area contributed by atoms with E-state index in [2.05, 4.69) is 10.3 Å². The molecule has 0 aliphatic rings. The second kappa shape index (κ2) is 10.9. The second-order valence-electron chi connectivity index (χ2n) is 4.42. The van der Waals surface area contributed by atoms with Crippen molar-refractivity contribution in [2.24, 2.45) is 0 Å². The van der Waals surface area contributed by atoms with Crippen molar-refractivity contribution < 1.29 is 4.79 Å². The third-order valence-electron chi connectivity index (χ3n) is 2.77. The molecular formula is C17H19ClN2OS. The smallest absolute Gasteiger partial charge is 0.243 e. The highest BCUT2D eigenvalue weighted by atomic mass is 35.5. The molecule has 0 bridgehead atoms. The van der Waals surface area contributed by atoms with Crippen LogP contribution in [0.25, 0.3) is 6.08 Å². The molecule has 1 aromatic carbocycles. The van der Waals surface area contributed by atoms with Crippen LogP contribution < -0.4 is 5.32 Å². The van der Waals surface area contributed by atoms with Crippen LogP contribution in [-0.2, 0) is 4.79 Å². The number of thioether (sulfide) groups is 1. The first kappa shape index (κ1) is 18.3. The summed E-state index contributed by atoms with van der Waals surface area (Å²) in [4.78, 5) is 16.8. The molecule has 5 heteroatoms. The lowest BCUT2D eigenvalue weighted by Crippen LogP contribution is -2.22. The molecule has 1 amide bonds. The Morgan fingerprint density at radius 1 is 1.14 bits per heavy atom. The highest BCUT2D eigenvalue weighted by Crippen LogP contribution is 2.16. The number of hydrogen-bond donors (Lipinski definition) is 1. The van der Waals surface area contributed by atoms with Gasteiger partial charge in [0, 0.05) is 29.9 Å². The Bertz CT molecular complexity index is 576. The average molecular weight is 335 g/mol. The van der Waals surface area contributed by atoms with E-state index in [-0.39, 0.29) is 18.3 Å². The number of carbonyl (C=O) groups excluding carboxylic acids is 1. The summed E-state index contributed by atoms with van der Waals surface area (Å²) in [6.45, 7) is 0.691. The molecule has 1 aromatic heterocycles. The molecule has 0 radical (unpaired) electrons. The van der Waals surface area contributed by atoms with Crippen LogP contribution in [0.3, 0.4) is 0 Å². The second-order valence-corrected chi connectivity index (χ2v) is 5.59. The van der Waals surface area contributed by atoms with Gasteiger partial charge in [0.15, 0.2) is 0 Å². The summed E-state index contributed by atoms with van der Waals surface area (Å²) in [5.74, 6) is 0.930. The summed E-state index contributed by atoms with van der Waals surface area (Å²) in [5.41, 5.74) is 1.03. The standard InChI is InChI=1S/C17H18N2OS.ClH/c20-17(8-7-15-5-2-1-3-6-15)19-11-4-14-21-16-9-12-18-13-10-16;/h1-3,5-10,12-13H,4,11,14H2,(H,19,20);1H. The lowest BCUT2D eigenvalue weighted by molar-refractivity contribution is -0.116. The zero-order valence-electron chi connectivity index (χ0n) is 12.1. The molecule has 116 valence electrons. The fraction of sp³-hybridized carbons (Fsp3) is 0.176. The molecule has 2 rings (SSSR count). The Hall–Kier alpha value is -1.78. The van der Waals surface area contributed by atoms with Crippen molar-refractivity contribution in [3.63, 3.8) is 0 Å². The fourth-order valence-electron chi connectivity index (χ4n) is 1.70. The minimum absolute atomic E-state index is 0. The largest absolute Gasteiger partial charge is 0.353 e. The van der Waals surface area contributed by atoms with Crippen molar-refractivity contribution in [2.45, 2.75) is 11.3 Å².